The van der Waals surface area contributed by atoms with Gasteiger partial charge in [-0.3, -0.25) is 0 Å². The summed E-state index contributed by atoms with van der Waals surface area (Å²) in [5, 5.41) is 3.42. The van der Waals surface area contributed by atoms with Gasteiger partial charge >= 0.3 is 0 Å². The summed E-state index contributed by atoms with van der Waals surface area (Å²) < 4.78 is 0. The highest BCUT2D eigenvalue weighted by molar-refractivity contribution is 5.75. The van der Waals surface area contributed by atoms with E-state index in [1.165, 1.54) is 51.9 Å². The normalized spacial score (nSPS) is 18.3. The van der Waals surface area contributed by atoms with Gasteiger partial charge in [-0.1, -0.05) is 12.8 Å². The molecule has 0 aromatic rings. The summed E-state index contributed by atoms with van der Waals surface area (Å²) in [4.78, 5) is 13.3. The highest BCUT2D eigenvalue weighted by Crippen LogP contribution is 2.05. The molecule has 0 amide bonds. The minimum Gasteiger partial charge on any atom is -0.315 e. The predicted molar refractivity (Wildman–Crippen MR) is 67.7 cm³/mol. The number of unbranched alkanes of at least 4 members (excludes halogenated alkanes) is 3. The first-order valence-corrected chi connectivity index (χ1v) is 6.71. The average molecular weight is 226 g/mol. The SMILES string of the molecule is CC(=O)CCCCCCN1CCCNCC1. The van der Waals surface area contributed by atoms with Crippen LogP contribution < -0.4 is 5.32 Å². The monoisotopic (exact) mass is 226 g/mol. The van der Waals surface area contributed by atoms with Crippen molar-refractivity contribution < 1.29 is 4.79 Å². The molecular formula is C13H26N2O. The first-order chi connectivity index (χ1) is 7.79. The molecule has 0 bridgehead atoms. The van der Waals surface area contributed by atoms with Crippen LogP contribution in [0, 0.1) is 0 Å². The van der Waals surface area contributed by atoms with Gasteiger partial charge in [0.15, 0.2) is 0 Å². The van der Waals surface area contributed by atoms with Crippen LogP contribution in [-0.4, -0.2) is 43.4 Å². The Kier molecular flexibility index (Phi) is 7.43. The van der Waals surface area contributed by atoms with Crippen molar-refractivity contribution in [2.75, 3.05) is 32.7 Å². The van der Waals surface area contributed by atoms with Crippen molar-refractivity contribution in [3.05, 3.63) is 0 Å². The van der Waals surface area contributed by atoms with Gasteiger partial charge in [0.05, 0.1) is 0 Å². The number of rotatable bonds is 7. The minimum absolute atomic E-state index is 0.332. The average Bonchev–Trinajstić information content (AvgIpc) is 2.51. The Morgan fingerprint density at radius 1 is 1.12 bits per heavy atom. The number of nitrogens with zero attached hydrogens (tertiary/aromatic N) is 1. The fraction of sp³-hybridized carbons (Fsp3) is 0.923. The van der Waals surface area contributed by atoms with Crippen LogP contribution in [0.4, 0.5) is 0 Å². The van der Waals surface area contributed by atoms with Gasteiger partial charge in [-0.2, -0.15) is 0 Å². The van der Waals surface area contributed by atoms with E-state index in [0.29, 0.717) is 5.78 Å². The van der Waals surface area contributed by atoms with Gasteiger partial charge in [0, 0.05) is 19.5 Å². The zero-order valence-electron chi connectivity index (χ0n) is 10.6. The summed E-state index contributed by atoms with van der Waals surface area (Å²) in [6.07, 6.45) is 6.91. The van der Waals surface area contributed by atoms with Crippen molar-refractivity contribution in [1.82, 2.24) is 10.2 Å². The summed E-state index contributed by atoms with van der Waals surface area (Å²) >= 11 is 0. The van der Waals surface area contributed by atoms with Crippen LogP contribution in [0.2, 0.25) is 0 Å². The molecule has 0 spiro atoms. The number of hydrogen-bond donors (Lipinski definition) is 1. The van der Waals surface area contributed by atoms with E-state index < -0.39 is 0 Å². The molecule has 1 aliphatic heterocycles. The third kappa shape index (κ3) is 6.96. The lowest BCUT2D eigenvalue weighted by atomic mass is 10.1. The molecule has 1 N–H and O–H groups in total. The van der Waals surface area contributed by atoms with Gasteiger partial charge in [-0.25, -0.2) is 0 Å². The van der Waals surface area contributed by atoms with E-state index >= 15 is 0 Å². The maximum Gasteiger partial charge on any atom is 0.129 e. The number of ketones is 1. The van der Waals surface area contributed by atoms with E-state index in [1.807, 2.05) is 0 Å². The highest BCUT2D eigenvalue weighted by Gasteiger charge is 2.07. The van der Waals surface area contributed by atoms with Gasteiger partial charge in [-0.05, 0) is 45.8 Å². The van der Waals surface area contributed by atoms with Gasteiger partial charge in [0.1, 0.15) is 5.78 Å². The van der Waals surface area contributed by atoms with E-state index in [9.17, 15) is 4.79 Å². The second-order valence-electron chi connectivity index (χ2n) is 4.81. The zero-order valence-corrected chi connectivity index (χ0v) is 10.6. The Labute approximate surface area is 99.6 Å². The molecule has 1 saturated heterocycles. The van der Waals surface area contributed by atoms with Crippen molar-refractivity contribution >= 4 is 5.78 Å². The van der Waals surface area contributed by atoms with Crippen LogP contribution in [0.5, 0.6) is 0 Å². The maximum atomic E-state index is 10.7. The van der Waals surface area contributed by atoms with E-state index in [2.05, 4.69) is 10.2 Å². The fourth-order valence-corrected chi connectivity index (χ4v) is 2.19. The van der Waals surface area contributed by atoms with E-state index in [-0.39, 0.29) is 0 Å². The standard InChI is InChI=1S/C13H26N2O/c1-13(16)7-4-2-3-5-10-15-11-6-8-14-9-12-15/h14H,2-12H2,1H3. The lowest BCUT2D eigenvalue weighted by molar-refractivity contribution is -0.117. The number of carbonyl (C=O) groups excluding carboxylic acids is 1. The van der Waals surface area contributed by atoms with Gasteiger partial charge < -0.3 is 15.0 Å². The lowest BCUT2D eigenvalue weighted by Crippen LogP contribution is -2.29. The third-order valence-corrected chi connectivity index (χ3v) is 3.19. The number of Topliss-reactive ketones (excluding diaryl/α,β-unsaturated/α-hetero) is 1. The molecule has 94 valence electrons. The molecule has 1 aliphatic rings. The van der Waals surface area contributed by atoms with Gasteiger partial charge in [0.2, 0.25) is 0 Å². The summed E-state index contributed by atoms with van der Waals surface area (Å²) in [6.45, 7) is 7.69. The Hall–Kier alpha value is -0.410. The molecule has 0 saturated carbocycles. The molecule has 0 atom stereocenters. The van der Waals surface area contributed by atoms with E-state index in [1.54, 1.807) is 6.92 Å². The smallest absolute Gasteiger partial charge is 0.129 e. The van der Waals surface area contributed by atoms with Crippen molar-refractivity contribution in [2.24, 2.45) is 0 Å². The molecule has 0 radical (unpaired) electrons. The molecule has 1 heterocycles. The fourth-order valence-electron chi connectivity index (χ4n) is 2.19. The van der Waals surface area contributed by atoms with Gasteiger partial charge in [-0.15, -0.1) is 0 Å². The lowest BCUT2D eigenvalue weighted by Gasteiger charge is -2.18. The molecule has 0 aromatic heterocycles. The summed E-state index contributed by atoms with van der Waals surface area (Å²) in [5.41, 5.74) is 0. The Morgan fingerprint density at radius 3 is 2.75 bits per heavy atom. The van der Waals surface area contributed by atoms with Crippen molar-refractivity contribution in [3.8, 4) is 0 Å². The maximum absolute atomic E-state index is 10.7. The highest BCUT2D eigenvalue weighted by atomic mass is 16.1. The Balaban J connectivity index is 1.91. The van der Waals surface area contributed by atoms with Crippen LogP contribution in [0.15, 0.2) is 0 Å². The van der Waals surface area contributed by atoms with Crippen LogP contribution in [0.1, 0.15) is 45.4 Å². The Morgan fingerprint density at radius 2 is 1.94 bits per heavy atom. The summed E-state index contributed by atoms with van der Waals surface area (Å²) in [5.74, 6) is 0.332. The largest absolute Gasteiger partial charge is 0.315 e. The molecular weight excluding hydrogens is 200 g/mol. The van der Waals surface area contributed by atoms with Crippen molar-refractivity contribution in [2.45, 2.75) is 45.4 Å². The van der Waals surface area contributed by atoms with Crippen LogP contribution in [0.3, 0.4) is 0 Å². The minimum atomic E-state index is 0.332. The van der Waals surface area contributed by atoms with Crippen LogP contribution in [-0.2, 0) is 4.79 Å². The zero-order chi connectivity index (χ0) is 11.6. The topological polar surface area (TPSA) is 32.3 Å². The number of nitrogens with one attached hydrogen (secondary N) is 1. The molecule has 0 unspecified atom stereocenters. The van der Waals surface area contributed by atoms with Crippen LogP contribution >= 0.6 is 0 Å². The summed E-state index contributed by atoms with van der Waals surface area (Å²) in [6, 6.07) is 0. The van der Waals surface area contributed by atoms with Crippen molar-refractivity contribution in [1.29, 1.82) is 0 Å². The summed E-state index contributed by atoms with van der Waals surface area (Å²) in [7, 11) is 0. The molecule has 3 heteroatoms. The van der Waals surface area contributed by atoms with E-state index in [0.717, 1.165) is 19.4 Å². The molecule has 0 aromatic carbocycles. The first-order valence-electron chi connectivity index (χ1n) is 6.71. The van der Waals surface area contributed by atoms with Crippen LogP contribution in [0.25, 0.3) is 0 Å². The first kappa shape index (κ1) is 13.7. The molecule has 1 rings (SSSR count). The van der Waals surface area contributed by atoms with Gasteiger partial charge in [0.25, 0.3) is 0 Å². The second-order valence-corrected chi connectivity index (χ2v) is 4.81. The quantitative estimate of drug-likeness (QED) is 0.672. The van der Waals surface area contributed by atoms with E-state index in [4.69, 9.17) is 0 Å². The van der Waals surface area contributed by atoms with Crippen molar-refractivity contribution in [3.63, 3.8) is 0 Å². The Bertz CT molecular complexity index is 186. The molecule has 1 fully saturated rings. The number of hydrogen-bond acceptors (Lipinski definition) is 3. The predicted octanol–water partition coefficient (Wildman–Crippen LogP) is 1.82. The molecule has 16 heavy (non-hydrogen) atoms. The molecule has 0 aliphatic carbocycles. The number of carbonyl (C=O) groups is 1. The molecule has 3 nitrogen and oxygen atoms in total. The second kappa shape index (κ2) is 8.71. The third-order valence-electron chi connectivity index (χ3n) is 3.19.